The summed E-state index contributed by atoms with van der Waals surface area (Å²) in [5, 5.41) is 11.0. The van der Waals surface area contributed by atoms with Crippen LogP contribution >= 0.6 is 11.8 Å². The van der Waals surface area contributed by atoms with E-state index in [0.29, 0.717) is 5.95 Å². The number of hydrogen-bond donors (Lipinski definition) is 0. The van der Waals surface area contributed by atoms with Crippen molar-refractivity contribution in [2.75, 3.05) is 0 Å². The lowest BCUT2D eigenvalue weighted by Gasteiger charge is -2.20. The van der Waals surface area contributed by atoms with E-state index in [1.54, 1.807) is 11.8 Å². The molecule has 0 amide bonds. The van der Waals surface area contributed by atoms with Gasteiger partial charge in [-0.25, -0.2) is 9.97 Å². The molecule has 0 fully saturated rings. The van der Waals surface area contributed by atoms with Crippen LogP contribution < -0.4 is 0 Å². The Balaban J connectivity index is 1.29. The maximum atomic E-state index is 5.47. The van der Waals surface area contributed by atoms with E-state index in [-0.39, 0.29) is 0 Å². The van der Waals surface area contributed by atoms with E-state index < -0.39 is 0 Å². The van der Waals surface area contributed by atoms with E-state index in [0.717, 1.165) is 44.4 Å². The molecular formula is C46H26N4S. The normalized spacial score (nSPS) is 12.6. The van der Waals surface area contributed by atoms with Gasteiger partial charge in [0, 0.05) is 48.0 Å². The van der Waals surface area contributed by atoms with Crippen molar-refractivity contribution in [2.24, 2.45) is 0 Å². The molecule has 3 aromatic heterocycles. The zero-order chi connectivity index (χ0) is 33.2. The molecule has 51 heavy (non-hydrogen) atoms. The Morgan fingerprint density at radius 3 is 1.80 bits per heavy atom. The highest BCUT2D eigenvalue weighted by Crippen LogP contribution is 2.48. The highest BCUT2D eigenvalue weighted by Gasteiger charge is 2.25. The number of hydrogen-bond acceptors (Lipinski definition) is 3. The third kappa shape index (κ3) is 3.70. The Bertz CT molecular complexity index is 3280. The third-order valence-corrected chi connectivity index (χ3v) is 11.8. The Kier molecular flexibility index (Phi) is 5.41. The lowest BCUT2D eigenvalue weighted by atomic mass is 10.0. The molecule has 4 nitrogen and oxygen atoms in total. The van der Waals surface area contributed by atoms with Crippen molar-refractivity contribution in [1.29, 1.82) is 0 Å². The molecule has 8 aromatic carbocycles. The molecule has 0 saturated carbocycles. The topological polar surface area (TPSA) is 35.6 Å². The van der Waals surface area contributed by atoms with Crippen molar-refractivity contribution in [1.82, 2.24) is 19.1 Å². The van der Waals surface area contributed by atoms with Crippen LogP contribution in [0.3, 0.4) is 0 Å². The summed E-state index contributed by atoms with van der Waals surface area (Å²) >= 11 is 1.80. The molecular weight excluding hydrogens is 641 g/mol. The molecule has 0 radical (unpaired) electrons. The summed E-state index contributed by atoms with van der Waals surface area (Å²) in [7, 11) is 0. The second-order valence-electron chi connectivity index (χ2n) is 13.4. The van der Waals surface area contributed by atoms with Gasteiger partial charge in [0.05, 0.1) is 33.3 Å². The predicted molar refractivity (Wildman–Crippen MR) is 213 cm³/mol. The van der Waals surface area contributed by atoms with Crippen molar-refractivity contribution in [3.8, 4) is 22.9 Å². The van der Waals surface area contributed by atoms with E-state index in [9.17, 15) is 0 Å². The Hall–Kier alpha value is -6.43. The Labute approximate surface area is 296 Å². The average Bonchev–Trinajstić information content (AvgIpc) is 3.69. The molecule has 5 heteroatoms. The number of aromatic nitrogens is 4. The van der Waals surface area contributed by atoms with Crippen molar-refractivity contribution in [2.45, 2.75) is 9.79 Å². The summed E-state index contributed by atoms with van der Waals surface area (Å²) in [6, 6.07) is 57.0. The fraction of sp³-hybridized carbons (Fsp3) is 0. The second kappa shape index (κ2) is 10.1. The molecule has 0 N–H and O–H groups in total. The second-order valence-corrected chi connectivity index (χ2v) is 14.5. The predicted octanol–water partition coefficient (Wildman–Crippen LogP) is 12.3. The largest absolute Gasteiger partial charge is 0.309 e. The van der Waals surface area contributed by atoms with Gasteiger partial charge in [-0.05, 0) is 76.1 Å². The standard InChI is InChI=1S/C46H26N4S/c1-2-13-29(14-3-1)49-36-23-21-27-11-4-6-15-30(27)42(36)33-25-34-39(26-38(33)49)50(37-24-22-28-12-5-7-16-31(28)43(34)37)46-47-35-18-10-20-41-44(35)45(48-46)32-17-8-9-19-40(32)51-41/h1-26H. The van der Waals surface area contributed by atoms with Gasteiger partial charge < -0.3 is 4.57 Å². The molecule has 12 rings (SSSR count). The third-order valence-electron chi connectivity index (χ3n) is 10.7. The van der Waals surface area contributed by atoms with Gasteiger partial charge in [0.25, 0.3) is 0 Å². The number of fused-ring (bicyclic) bond motifs is 12. The number of nitrogens with zero attached hydrogens (tertiary/aromatic N) is 4. The van der Waals surface area contributed by atoms with E-state index >= 15 is 0 Å². The average molecular weight is 667 g/mol. The van der Waals surface area contributed by atoms with Crippen molar-refractivity contribution in [3.63, 3.8) is 0 Å². The molecule has 1 aliphatic rings. The Morgan fingerprint density at radius 2 is 1.04 bits per heavy atom. The summed E-state index contributed by atoms with van der Waals surface area (Å²) in [4.78, 5) is 13.2. The zero-order valence-corrected chi connectivity index (χ0v) is 28.0. The van der Waals surface area contributed by atoms with Gasteiger partial charge in [0.15, 0.2) is 0 Å². The minimum Gasteiger partial charge on any atom is -0.309 e. The molecule has 0 bridgehead atoms. The molecule has 4 heterocycles. The quantitative estimate of drug-likeness (QED) is 0.184. The van der Waals surface area contributed by atoms with Crippen LogP contribution in [0.2, 0.25) is 0 Å². The van der Waals surface area contributed by atoms with Crippen LogP contribution in [0.1, 0.15) is 0 Å². The first-order chi connectivity index (χ1) is 25.3. The minimum atomic E-state index is 0.679. The van der Waals surface area contributed by atoms with Gasteiger partial charge in [-0.2, -0.15) is 0 Å². The zero-order valence-electron chi connectivity index (χ0n) is 27.2. The maximum absolute atomic E-state index is 5.47. The molecule has 1 aliphatic heterocycles. The maximum Gasteiger partial charge on any atom is 0.235 e. The monoisotopic (exact) mass is 666 g/mol. The molecule has 0 unspecified atom stereocenters. The van der Waals surface area contributed by atoms with Crippen molar-refractivity contribution >= 4 is 87.8 Å². The highest BCUT2D eigenvalue weighted by atomic mass is 32.2. The summed E-state index contributed by atoms with van der Waals surface area (Å²) in [5.41, 5.74) is 8.75. The molecule has 0 aliphatic carbocycles. The number of para-hydroxylation sites is 1. The molecule has 236 valence electrons. The van der Waals surface area contributed by atoms with Crippen LogP contribution in [0.25, 0.3) is 99.0 Å². The molecule has 0 spiro atoms. The van der Waals surface area contributed by atoms with E-state index in [1.807, 2.05) is 0 Å². The first-order valence-electron chi connectivity index (χ1n) is 17.3. The van der Waals surface area contributed by atoms with E-state index in [1.165, 1.54) is 58.4 Å². The van der Waals surface area contributed by atoms with Crippen LogP contribution in [0, 0.1) is 0 Å². The van der Waals surface area contributed by atoms with Crippen LogP contribution in [0.15, 0.2) is 168 Å². The van der Waals surface area contributed by atoms with Crippen LogP contribution in [-0.4, -0.2) is 19.1 Å². The SMILES string of the molecule is c1ccc(-n2c3cc4c(cc3c3c5ccccc5ccc32)c2c3ccccc3ccc2n4-c2nc3c4c(cccc4n2)Sc2ccccc2-3)cc1. The van der Waals surface area contributed by atoms with Gasteiger partial charge in [-0.3, -0.25) is 4.57 Å². The summed E-state index contributed by atoms with van der Waals surface area (Å²) in [6.45, 7) is 0. The summed E-state index contributed by atoms with van der Waals surface area (Å²) < 4.78 is 4.72. The summed E-state index contributed by atoms with van der Waals surface area (Å²) in [6.07, 6.45) is 0. The van der Waals surface area contributed by atoms with Gasteiger partial charge in [0.1, 0.15) is 0 Å². The lowest BCUT2D eigenvalue weighted by Crippen LogP contribution is -2.05. The first kappa shape index (κ1) is 27.4. The summed E-state index contributed by atoms with van der Waals surface area (Å²) in [5.74, 6) is 0.679. The van der Waals surface area contributed by atoms with Gasteiger partial charge in [-0.1, -0.05) is 115 Å². The smallest absolute Gasteiger partial charge is 0.235 e. The van der Waals surface area contributed by atoms with Gasteiger partial charge in [0.2, 0.25) is 5.95 Å². The fourth-order valence-corrected chi connectivity index (χ4v) is 9.63. The highest BCUT2D eigenvalue weighted by molar-refractivity contribution is 7.99. The van der Waals surface area contributed by atoms with Crippen LogP contribution in [-0.2, 0) is 0 Å². The lowest BCUT2D eigenvalue weighted by molar-refractivity contribution is 1.01. The molecule has 11 aromatic rings. The number of rotatable bonds is 2. The van der Waals surface area contributed by atoms with Crippen molar-refractivity contribution in [3.05, 3.63) is 158 Å². The van der Waals surface area contributed by atoms with Gasteiger partial charge >= 0.3 is 0 Å². The first-order valence-corrected chi connectivity index (χ1v) is 18.1. The molecule has 0 saturated heterocycles. The van der Waals surface area contributed by atoms with Crippen molar-refractivity contribution < 1.29 is 0 Å². The van der Waals surface area contributed by atoms with E-state index in [4.69, 9.17) is 9.97 Å². The number of benzene rings is 8. The minimum absolute atomic E-state index is 0.679. The fourth-order valence-electron chi connectivity index (χ4n) is 8.53. The van der Waals surface area contributed by atoms with E-state index in [2.05, 4.69) is 167 Å². The van der Waals surface area contributed by atoms with Gasteiger partial charge in [-0.15, -0.1) is 0 Å². The van der Waals surface area contributed by atoms with Crippen LogP contribution in [0.5, 0.6) is 0 Å². The van der Waals surface area contributed by atoms with Crippen LogP contribution in [0.4, 0.5) is 0 Å². The molecule has 0 atom stereocenters. The Morgan fingerprint density at radius 1 is 0.412 bits per heavy atom.